The fourth-order valence-corrected chi connectivity index (χ4v) is 4.49. The minimum atomic E-state index is -4.64. The number of nitrogens with zero attached hydrogens (tertiary/aromatic N) is 1. The zero-order valence-corrected chi connectivity index (χ0v) is 18.8. The molecule has 3 nitrogen and oxygen atoms in total. The van der Waals surface area contributed by atoms with E-state index in [1.165, 1.54) is 0 Å². The molecule has 0 aliphatic carbocycles. The van der Waals surface area contributed by atoms with Crippen LogP contribution in [0, 0.1) is 5.82 Å². The molecule has 35 heavy (non-hydrogen) atoms. The average molecular weight is 497 g/mol. The van der Waals surface area contributed by atoms with E-state index in [-0.39, 0.29) is 12.1 Å². The van der Waals surface area contributed by atoms with Crippen LogP contribution in [0.15, 0.2) is 78.9 Å². The maximum absolute atomic E-state index is 14.8. The summed E-state index contributed by atoms with van der Waals surface area (Å²) in [4.78, 5) is 12.2. The standard InChI is InChI=1S/C27H17ClF4N2O/c28-19-9-5-15(6-10-19)16-7-11-20-24(12-16)34(23-3-1-2-21(25(20)23)26(33)35)14-17-4-8-18(13-22(17)29)27(30,31)32/h1-13H,14H2,(H2,33,35). The van der Waals surface area contributed by atoms with Crippen molar-refractivity contribution in [3.8, 4) is 11.1 Å². The Labute approximate surface area is 202 Å². The predicted molar refractivity (Wildman–Crippen MR) is 129 cm³/mol. The van der Waals surface area contributed by atoms with Crippen LogP contribution in [0.25, 0.3) is 32.9 Å². The van der Waals surface area contributed by atoms with E-state index in [9.17, 15) is 22.4 Å². The maximum Gasteiger partial charge on any atom is 0.416 e. The lowest BCUT2D eigenvalue weighted by molar-refractivity contribution is -0.137. The summed E-state index contributed by atoms with van der Waals surface area (Å²) in [6, 6.07) is 20.4. The molecule has 0 spiro atoms. The molecule has 5 aromatic rings. The molecule has 4 aromatic carbocycles. The number of rotatable bonds is 4. The third-order valence-corrected chi connectivity index (χ3v) is 6.29. The molecule has 0 bridgehead atoms. The number of hydrogen-bond donors (Lipinski definition) is 1. The Morgan fingerprint density at radius 1 is 0.886 bits per heavy atom. The summed E-state index contributed by atoms with van der Waals surface area (Å²) in [5.74, 6) is -1.58. The van der Waals surface area contributed by atoms with Gasteiger partial charge in [0.2, 0.25) is 5.91 Å². The van der Waals surface area contributed by atoms with Gasteiger partial charge in [-0.2, -0.15) is 13.2 Å². The van der Waals surface area contributed by atoms with Crippen LogP contribution in [0.4, 0.5) is 17.6 Å². The minimum Gasteiger partial charge on any atom is -0.366 e. The van der Waals surface area contributed by atoms with Crippen LogP contribution >= 0.6 is 11.6 Å². The largest absolute Gasteiger partial charge is 0.416 e. The summed E-state index contributed by atoms with van der Waals surface area (Å²) < 4.78 is 55.6. The lowest BCUT2D eigenvalue weighted by Gasteiger charge is -2.12. The first kappa shape index (κ1) is 22.9. The first-order valence-corrected chi connectivity index (χ1v) is 11.0. The lowest BCUT2D eigenvalue weighted by Crippen LogP contribution is -2.11. The Kier molecular flexibility index (Phi) is 5.52. The van der Waals surface area contributed by atoms with E-state index in [2.05, 4.69) is 0 Å². The number of fused-ring (bicyclic) bond motifs is 3. The smallest absolute Gasteiger partial charge is 0.366 e. The quantitative estimate of drug-likeness (QED) is 0.259. The van der Waals surface area contributed by atoms with Gasteiger partial charge in [-0.05, 0) is 53.6 Å². The average Bonchev–Trinajstić information content (AvgIpc) is 3.13. The van der Waals surface area contributed by atoms with Gasteiger partial charge < -0.3 is 10.3 Å². The van der Waals surface area contributed by atoms with Gasteiger partial charge in [0.05, 0.1) is 23.1 Å². The van der Waals surface area contributed by atoms with Crippen molar-refractivity contribution in [1.82, 2.24) is 4.57 Å². The fraction of sp³-hybridized carbons (Fsp3) is 0.0741. The molecular weight excluding hydrogens is 480 g/mol. The van der Waals surface area contributed by atoms with E-state index in [1.54, 1.807) is 34.9 Å². The highest BCUT2D eigenvalue weighted by Crippen LogP contribution is 2.36. The summed E-state index contributed by atoms with van der Waals surface area (Å²) in [5, 5.41) is 1.91. The number of primary amides is 1. The molecule has 0 saturated heterocycles. The molecule has 1 heterocycles. The minimum absolute atomic E-state index is 0.0454. The van der Waals surface area contributed by atoms with Crippen molar-refractivity contribution >= 4 is 39.3 Å². The zero-order chi connectivity index (χ0) is 24.9. The highest BCUT2D eigenvalue weighted by Gasteiger charge is 2.31. The molecule has 0 atom stereocenters. The first-order valence-electron chi connectivity index (χ1n) is 10.6. The number of alkyl halides is 3. The van der Waals surface area contributed by atoms with Gasteiger partial charge in [-0.25, -0.2) is 4.39 Å². The third kappa shape index (κ3) is 4.12. The topological polar surface area (TPSA) is 48.0 Å². The molecule has 0 aliphatic rings. The Balaban J connectivity index is 1.74. The number of nitrogens with two attached hydrogens (primary N) is 1. The van der Waals surface area contributed by atoms with Crippen molar-refractivity contribution in [1.29, 1.82) is 0 Å². The molecule has 0 fully saturated rings. The van der Waals surface area contributed by atoms with Crippen molar-refractivity contribution in [3.05, 3.63) is 106 Å². The molecule has 0 aliphatic heterocycles. The molecule has 0 unspecified atom stereocenters. The second kappa shape index (κ2) is 8.43. The van der Waals surface area contributed by atoms with E-state index >= 15 is 0 Å². The van der Waals surface area contributed by atoms with Crippen LogP contribution in [-0.2, 0) is 12.7 Å². The number of hydrogen-bond acceptors (Lipinski definition) is 1. The summed E-state index contributed by atoms with van der Waals surface area (Å²) in [5.41, 5.74) is 8.00. The Morgan fingerprint density at radius 3 is 2.26 bits per heavy atom. The molecule has 0 saturated carbocycles. The Bertz CT molecular complexity index is 1600. The van der Waals surface area contributed by atoms with Crippen LogP contribution in [0.5, 0.6) is 0 Å². The Hall–Kier alpha value is -3.84. The number of halogens is 5. The maximum atomic E-state index is 14.8. The lowest BCUT2D eigenvalue weighted by atomic mass is 10.0. The predicted octanol–water partition coefficient (Wildman–Crippen LogP) is 7.42. The number of amides is 1. The molecular formula is C27H17ClF4N2O. The van der Waals surface area contributed by atoms with Crippen LogP contribution < -0.4 is 5.73 Å². The zero-order valence-electron chi connectivity index (χ0n) is 18.0. The van der Waals surface area contributed by atoms with Crippen molar-refractivity contribution in [2.75, 3.05) is 0 Å². The van der Waals surface area contributed by atoms with E-state index in [1.807, 2.05) is 30.3 Å². The number of aromatic nitrogens is 1. The van der Waals surface area contributed by atoms with Gasteiger partial charge in [0.1, 0.15) is 5.82 Å². The highest BCUT2D eigenvalue weighted by atomic mass is 35.5. The van der Waals surface area contributed by atoms with Crippen LogP contribution in [0.1, 0.15) is 21.5 Å². The van der Waals surface area contributed by atoms with Crippen molar-refractivity contribution in [2.45, 2.75) is 12.7 Å². The van der Waals surface area contributed by atoms with Gasteiger partial charge in [0.25, 0.3) is 0 Å². The van der Waals surface area contributed by atoms with Crippen LogP contribution in [0.3, 0.4) is 0 Å². The summed E-state index contributed by atoms with van der Waals surface area (Å²) in [6.45, 7) is -0.0454. The number of benzene rings is 4. The molecule has 1 aromatic heterocycles. The third-order valence-electron chi connectivity index (χ3n) is 6.04. The molecule has 2 N–H and O–H groups in total. The van der Waals surface area contributed by atoms with Gasteiger partial charge in [-0.15, -0.1) is 0 Å². The van der Waals surface area contributed by atoms with Crippen LogP contribution in [0.2, 0.25) is 5.02 Å². The first-order chi connectivity index (χ1) is 16.6. The highest BCUT2D eigenvalue weighted by molar-refractivity contribution is 6.30. The summed E-state index contributed by atoms with van der Waals surface area (Å²) in [6.07, 6.45) is -4.64. The van der Waals surface area contributed by atoms with Crippen molar-refractivity contribution in [2.24, 2.45) is 5.73 Å². The molecule has 0 radical (unpaired) electrons. The summed E-state index contributed by atoms with van der Waals surface area (Å²) >= 11 is 6.01. The van der Waals surface area contributed by atoms with E-state index in [0.717, 1.165) is 28.6 Å². The molecule has 5 rings (SSSR count). The fourth-order valence-electron chi connectivity index (χ4n) is 4.36. The Morgan fingerprint density at radius 2 is 1.60 bits per heavy atom. The molecule has 1 amide bonds. The second-order valence-corrected chi connectivity index (χ2v) is 8.63. The SMILES string of the molecule is NC(=O)c1cccc2c1c1ccc(-c3ccc(Cl)cc3)cc1n2Cc1ccc(C(F)(F)F)cc1F. The molecule has 8 heteroatoms. The van der Waals surface area contributed by atoms with Gasteiger partial charge in [-0.1, -0.05) is 48.0 Å². The molecule has 176 valence electrons. The van der Waals surface area contributed by atoms with E-state index < -0.39 is 23.5 Å². The van der Waals surface area contributed by atoms with Gasteiger partial charge in [-0.3, -0.25) is 4.79 Å². The normalized spacial score (nSPS) is 11.9. The monoisotopic (exact) mass is 496 g/mol. The number of carbonyl (C=O) groups is 1. The number of carbonyl (C=O) groups excluding carboxylic acids is 1. The summed E-state index contributed by atoms with van der Waals surface area (Å²) in [7, 11) is 0. The van der Waals surface area contributed by atoms with Gasteiger partial charge in [0, 0.05) is 26.9 Å². The van der Waals surface area contributed by atoms with Gasteiger partial charge in [0.15, 0.2) is 0 Å². The van der Waals surface area contributed by atoms with Gasteiger partial charge >= 0.3 is 6.18 Å². The second-order valence-electron chi connectivity index (χ2n) is 8.19. The van der Waals surface area contributed by atoms with E-state index in [0.29, 0.717) is 33.1 Å². The van der Waals surface area contributed by atoms with Crippen molar-refractivity contribution in [3.63, 3.8) is 0 Å². The van der Waals surface area contributed by atoms with E-state index in [4.69, 9.17) is 17.3 Å². The van der Waals surface area contributed by atoms with Crippen LogP contribution in [-0.4, -0.2) is 10.5 Å². The van der Waals surface area contributed by atoms with Crippen molar-refractivity contribution < 1.29 is 22.4 Å².